The third-order valence-corrected chi connectivity index (χ3v) is 4.42. The van der Waals surface area contributed by atoms with Gasteiger partial charge in [0.2, 0.25) is 5.91 Å². The van der Waals surface area contributed by atoms with Crippen molar-refractivity contribution in [1.29, 1.82) is 0 Å². The van der Waals surface area contributed by atoms with E-state index < -0.39 is 0 Å². The van der Waals surface area contributed by atoms with Crippen LogP contribution >= 0.6 is 0 Å². The van der Waals surface area contributed by atoms with E-state index in [1.54, 1.807) is 12.3 Å². The van der Waals surface area contributed by atoms with Crippen molar-refractivity contribution in [3.63, 3.8) is 0 Å². The van der Waals surface area contributed by atoms with Gasteiger partial charge in [0, 0.05) is 17.8 Å². The fourth-order valence-electron chi connectivity index (χ4n) is 3.04. The second kappa shape index (κ2) is 7.84. The van der Waals surface area contributed by atoms with Crippen LogP contribution in [-0.2, 0) is 17.9 Å². The first kappa shape index (κ1) is 17.6. The molecule has 0 aliphatic rings. The molecule has 28 heavy (non-hydrogen) atoms. The van der Waals surface area contributed by atoms with E-state index in [0.717, 1.165) is 22.0 Å². The monoisotopic (exact) mass is 370 g/mol. The van der Waals surface area contributed by atoms with Crippen LogP contribution < -0.4 is 10.9 Å². The highest BCUT2D eigenvalue weighted by Gasteiger charge is 2.10. The quantitative estimate of drug-likeness (QED) is 0.586. The number of pyridine rings is 1. The van der Waals surface area contributed by atoms with Crippen LogP contribution in [-0.4, -0.2) is 20.7 Å². The Balaban J connectivity index is 1.57. The summed E-state index contributed by atoms with van der Waals surface area (Å²) in [6.45, 7) is 0.154. The Hall–Kier alpha value is -3.80. The van der Waals surface area contributed by atoms with E-state index in [9.17, 15) is 9.59 Å². The first-order chi connectivity index (χ1) is 13.7. The molecule has 0 saturated carbocycles. The maximum Gasteiger partial charge on any atom is 0.267 e. The number of carbonyl (C=O) groups is 1. The number of aromatic nitrogens is 3. The molecule has 0 saturated heterocycles. The van der Waals surface area contributed by atoms with Crippen LogP contribution in [0.1, 0.15) is 5.69 Å². The molecule has 0 bridgehead atoms. The minimum Gasteiger partial charge on any atom is -0.349 e. The second-order valence-electron chi connectivity index (χ2n) is 6.34. The maximum absolute atomic E-state index is 12.3. The molecule has 0 unspecified atom stereocenters. The average molecular weight is 370 g/mol. The molecule has 2 aromatic heterocycles. The molecule has 1 N–H and O–H groups in total. The molecule has 1 amide bonds. The number of carbonyl (C=O) groups excluding carboxylic acids is 1. The molecule has 0 spiro atoms. The summed E-state index contributed by atoms with van der Waals surface area (Å²) in [5, 5.41) is 9.31. The molecule has 0 radical (unpaired) electrons. The molecule has 4 aromatic rings. The number of nitrogens with zero attached hydrogens (tertiary/aromatic N) is 3. The van der Waals surface area contributed by atoms with Crippen molar-refractivity contribution < 1.29 is 4.79 Å². The third-order valence-electron chi connectivity index (χ3n) is 4.42. The van der Waals surface area contributed by atoms with Crippen molar-refractivity contribution in [2.75, 3.05) is 0 Å². The lowest BCUT2D eigenvalue weighted by molar-refractivity contribution is -0.122. The van der Waals surface area contributed by atoms with Crippen LogP contribution in [0.15, 0.2) is 83.8 Å². The number of fused-ring (bicyclic) bond motifs is 1. The van der Waals surface area contributed by atoms with Gasteiger partial charge in [-0.05, 0) is 29.0 Å². The van der Waals surface area contributed by atoms with E-state index in [1.807, 2.05) is 60.7 Å². The van der Waals surface area contributed by atoms with Crippen molar-refractivity contribution in [2.24, 2.45) is 0 Å². The zero-order chi connectivity index (χ0) is 19.3. The van der Waals surface area contributed by atoms with Gasteiger partial charge in [0.15, 0.2) is 0 Å². The molecule has 0 aliphatic carbocycles. The Morgan fingerprint density at radius 2 is 1.75 bits per heavy atom. The van der Waals surface area contributed by atoms with Gasteiger partial charge in [-0.2, -0.15) is 5.10 Å². The zero-order valence-electron chi connectivity index (χ0n) is 15.1. The molecule has 2 aromatic carbocycles. The molecule has 0 atom stereocenters. The van der Waals surface area contributed by atoms with Crippen LogP contribution in [0.5, 0.6) is 0 Å². The fraction of sp³-hybridized carbons (Fsp3) is 0.0909. The van der Waals surface area contributed by atoms with E-state index in [2.05, 4.69) is 15.4 Å². The van der Waals surface area contributed by atoms with Crippen molar-refractivity contribution in [1.82, 2.24) is 20.1 Å². The van der Waals surface area contributed by atoms with E-state index >= 15 is 0 Å². The first-order valence-electron chi connectivity index (χ1n) is 8.93. The predicted molar refractivity (Wildman–Crippen MR) is 108 cm³/mol. The van der Waals surface area contributed by atoms with Gasteiger partial charge in [-0.3, -0.25) is 14.6 Å². The summed E-state index contributed by atoms with van der Waals surface area (Å²) in [7, 11) is 0. The number of amides is 1. The van der Waals surface area contributed by atoms with Gasteiger partial charge in [-0.25, -0.2) is 4.68 Å². The summed E-state index contributed by atoms with van der Waals surface area (Å²) in [6.07, 6.45) is 1.67. The highest BCUT2D eigenvalue weighted by Crippen LogP contribution is 2.26. The number of rotatable bonds is 5. The van der Waals surface area contributed by atoms with Gasteiger partial charge in [0.1, 0.15) is 6.54 Å². The summed E-state index contributed by atoms with van der Waals surface area (Å²) in [5.74, 6) is -0.296. The summed E-state index contributed by atoms with van der Waals surface area (Å²) in [6, 6.07) is 22.5. The summed E-state index contributed by atoms with van der Waals surface area (Å²) < 4.78 is 1.19. The molecule has 6 heteroatoms. The second-order valence-corrected chi connectivity index (χ2v) is 6.34. The van der Waals surface area contributed by atoms with Crippen LogP contribution in [0.25, 0.3) is 22.0 Å². The van der Waals surface area contributed by atoms with Crippen molar-refractivity contribution in [2.45, 2.75) is 13.1 Å². The number of hydrogen-bond donors (Lipinski definition) is 1. The average Bonchev–Trinajstić information content (AvgIpc) is 2.74. The fourth-order valence-corrected chi connectivity index (χ4v) is 3.04. The molecule has 2 heterocycles. The third kappa shape index (κ3) is 3.81. The topological polar surface area (TPSA) is 76.9 Å². The SMILES string of the molecule is O=C(Cn1nc(-c2cccc3ccccc23)ccc1=O)NCc1ccccn1. The molecule has 4 rings (SSSR count). The van der Waals surface area contributed by atoms with Crippen molar-refractivity contribution in [3.05, 3.63) is 95.0 Å². The Bertz CT molecular complexity index is 1180. The van der Waals surface area contributed by atoms with E-state index in [1.165, 1.54) is 10.7 Å². The predicted octanol–water partition coefficient (Wildman–Crippen LogP) is 2.77. The maximum atomic E-state index is 12.3. The number of benzene rings is 2. The van der Waals surface area contributed by atoms with Gasteiger partial charge in [-0.15, -0.1) is 0 Å². The van der Waals surface area contributed by atoms with Gasteiger partial charge in [0.05, 0.1) is 17.9 Å². The van der Waals surface area contributed by atoms with Crippen molar-refractivity contribution >= 4 is 16.7 Å². The van der Waals surface area contributed by atoms with Gasteiger partial charge in [0.25, 0.3) is 5.56 Å². The largest absolute Gasteiger partial charge is 0.349 e. The highest BCUT2D eigenvalue weighted by molar-refractivity contribution is 5.95. The van der Waals surface area contributed by atoms with E-state index in [0.29, 0.717) is 12.2 Å². The van der Waals surface area contributed by atoms with E-state index in [4.69, 9.17) is 0 Å². The molecule has 138 valence electrons. The number of hydrogen-bond acceptors (Lipinski definition) is 4. The minimum absolute atomic E-state index is 0.149. The Morgan fingerprint density at radius 1 is 0.929 bits per heavy atom. The van der Waals surface area contributed by atoms with Gasteiger partial charge < -0.3 is 5.32 Å². The summed E-state index contributed by atoms with van der Waals surface area (Å²) in [5.41, 5.74) is 1.99. The van der Waals surface area contributed by atoms with Gasteiger partial charge in [-0.1, -0.05) is 48.5 Å². The smallest absolute Gasteiger partial charge is 0.267 e. The molecule has 0 aliphatic heterocycles. The molecular formula is C22H18N4O2. The number of nitrogens with one attached hydrogen (secondary N) is 1. The van der Waals surface area contributed by atoms with Crippen LogP contribution in [0, 0.1) is 0 Å². The van der Waals surface area contributed by atoms with Gasteiger partial charge >= 0.3 is 0 Å². The van der Waals surface area contributed by atoms with Crippen LogP contribution in [0.3, 0.4) is 0 Å². The van der Waals surface area contributed by atoms with E-state index in [-0.39, 0.29) is 18.0 Å². The van der Waals surface area contributed by atoms with Crippen LogP contribution in [0.4, 0.5) is 0 Å². The highest BCUT2D eigenvalue weighted by atomic mass is 16.2. The van der Waals surface area contributed by atoms with Crippen LogP contribution in [0.2, 0.25) is 0 Å². The lowest BCUT2D eigenvalue weighted by atomic mass is 10.0. The summed E-state index contributed by atoms with van der Waals surface area (Å²) >= 11 is 0. The molecule has 0 fully saturated rings. The Kier molecular flexibility index (Phi) is 4.93. The normalized spacial score (nSPS) is 10.7. The lowest BCUT2D eigenvalue weighted by Gasteiger charge is -2.10. The zero-order valence-corrected chi connectivity index (χ0v) is 15.1. The minimum atomic E-state index is -0.322. The summed E-state index contributed by atoms with van der Waals surface area (Å²) in [4.78, 5) is 28.6. The lowest BCUT2D eigenvalue weighted by Crippen LogP contribution is -2.33. The Morgan fingerprint density at radius 3 is 2.61 bits per heavy atom. The standard InChI is InChI=1S/C22H18N4O2/c27-21(24-14-17-8-3-4-13-23-17)15-26-22(28)12-11-20(25-26)19-10-5-7-16-6-1-2-9-18(16)19/h1-13H,14-15H2,(H,24,27). The first-order valence-corrected chi connectivity index (χ1v) is 8.93. The molecule has 6 nitrogen and oxygen atoms in total. The Labute approximate surface area is 161 Å². The molecular weight excluding hydrogens is 352 g/mol. The van der Waals surface area contributed by atoms with Crippen molar-refractivity contribution in [3.8, 4) is 11.3 Å².